The highest BCUT2D eigenvalue weighted by Gasteiger charge is 2.22. The Morgan fingerprint density at radius 3 is 3.07 bits per heavy atom. The van der Waals surface area contributed by atoms with Gasteiger partial charge in [-0.15, -0.1) is 6.58 Å². The molecule has 0 saturated heterocycles. The van der Waals surface area contributed by atoms with Crippen molar-refractivity contribution in [1.29, 1.82) is 0 Å². The first kappa shape index (κ1) is 11.1. The minimum atomic E-state index is -0.919. The van der Waals surface area contributed by atoms with Crippen LogP contribution in [0.4, 0.5) is 0 Å². The van der Waals surface area contributed by atoms with Gasteiger partial charge in [-0.25, -0.2) is 0 Å². The van der Waals surface area contributed by atoms with Crippen LogP contribution in [0.2, 0.25) is 0 Å². The number of carbonyl (C=O) groups is 1. The molecule has 78 valence electrons. The molecule has 14 heavy (non-hydrogen) atoms. The number of aliphatic hydroxyl groups excluding tert-OH is 1. The SMILES string of the molecule is C=CCCCCC1OC(O)C=CC1=O. The van der Waals surface area contributed by atoms with Crippen LogP contribution < -0.4 is 0 Å². The third-order valence-corrected chi connectivity index (χ3v) is 2.17. The van der Waals surface area contributed by atoms with E-state index >= 15 is 0 Å². The van der Waals surface area contributed by atoms with Gasteiger partial charge in [0.25, 0.3) is 0 Å². The number of hydrogen-bond donors (Lipinski definition) is 1. The number of ketones is 1. The van der Waals surface area contributed by atoms with Crippen LogP contribution in [0.5, 0.6) is 0 Å². The van der Waals surface area contributed by atoms with Crippen molar-refractivity contribution in [2.24, 2.45) is 0 Å². The van der Waals surface area contributed by atoms with E-state index in [0.717, 1.165) is 19.3 Å². The average molecular weight is 196 g/mol. The van der Waals surface area contributed by atoms with Gasteiger partial charge < -0.3 is 9.84 Å². The van der Waals surface area contributed by atoms with Gasteiger partial charge in [0, 0.05) is 0 Å². The topological polar surface area (TPSA) is 46.5 Å². The minimum absolute atomic E-state index is 0.0473. The second-order valence-corrected chi connectivity index (χ2v) is 3.35. The van der Waals surface area contributed by atoms with Gasteiger partial charge in [-0.2, -0.15) is 0 Å². The summed E-state index contributed by atoms with van der Waals surface area (Å²) < 4.78 is 5.07. The zero-order chi connectivity index (χ0) is 10.4. The van der Waals surface area contributed by atoms with E-state index in [2.05, 4.69) is 6.58 Å². The van der Waals surface area contributed by atoms with Gasteiger partial charge in [-0.05, 0) is 31.4 Å². The first-order chi connectivity index (χ1) is 6.74. The zero-order valence-corrected chi connectivity index (χ0v) is 8.19. The number of carbonyl (C=O) groups excluding carboxylic acids is 1. The lowest BCUT2D eigenvalue weighted by Gasteiger charge is -2.21. The van der Waals surface area contributed by atoms with Crippen molar-refractivity contribution < 1.29 is 14.6 Å². The van der Waals surface area contributed by atoms with Gasteiger partial charge in [0.2, 0.25) is 0 Å². The summed E-state index contributed by atoms with van der Waals surface area (Å²) in [5.74, 6) is -0.0473. The van der Waals surface area contributed by atoms with Crippen LogP contribution in [-0.2, 0) is 9.53 Å². The summed E-state index contributed by atoms with van der Waals surface area (Å²) in [4.78, 5) is 11.3. The van der Waals surface area contributed by atoms with E-state index in [1.165, 1.54) is 12.2 Å². The Kier molecular flexibility index (Phi) is 4.56. The maximum atomic E-state index is 11.3. The third-order valence-electron chi connectivity index (χ3n) is 2.17. The largest absolute Gasteiger partial charge is 0.365 e. The molecule has 1 heterocycles. The van der Waals surface area contributed by atoms with Crippen molar-refractivity contribution in [1.82, 2.24) is 0 Å². The molecular formula is C11H16O3. The van der Waals surface area contributed by atoms with Crippen molar-refractivity contribution in [3.8, 4) is 0 Å². The molecule has 0 radical (unpaired) electrons. The van der Waals surface area contributed by atoms with E-state index in [1.54, 1.807) is 0 Å². The molecule has 0 saturated carbocycles. The van der Waals surface area contributed by atoms with Crippen LogP contribution in [0, 0.1) is 0 Å². The number of rotatable bonds is 5. The van der Waals surface area contributed by atoms with Crippen molar-refractivity contribution in [2.75, 3.05) is 0 Å². The predicted molar refractivity (Wildman–Crippen MR) is 53.7 cm³/mol. The van der Waals surface area contributed by atoms with Crippen molar-refractivity contribution in [3.05, 3.63) is 24.8 Å². The predicted octanol–water partition coefficient (Wildman–Crippen LogP) is 1.58. The smallest absolute Gasteiger partial charge is 0.184 e. The highest BCUT2D eigenvalue weighted by molar-refractivity contribution is 5.94. The number of hydrogen-bond acceptors (Lipinski definition) is 3. The summed E-state index contributed by atoms with van der Waals surface area (Å²) in [5, 5.41) is 9.12. The molecule has 0 aromatic carbocycles. The van der Waals surface area contributed by atoms with E-state index in [-0.39, 0.29) is 5.78 Å². The Morgan fingerprint density at radius 1 is 1.57 bits per heavy atom. The van der Waals surface area contributed by atoms with Crippen LogP contribution in [0.1, 0.15) is 25.7 Å². The highest BCUT2D eigenvalue weighted by Crippen LogP contribution is 2.14. The van der Waals surface area contributed by atoms with Crippen molar-refractivity contribution >= 4 is 5.78 Å². The van der Waals surface area contributed by atoms with Crippen LogP contribution in [0.25, 0.3) is 0 Å². The normalized spacial score (nSPS) is 26.5. The van der Waals surface area contributed by atoms with Crippen LogP contribution in [0.15, 0.2) is 24.8 Å². The summed E-state index contributed by atoms with van der Waals surface area (Å²) in [7, 11) is 0. The Bertz CT molecular complexity index is 233. The quantitative estimate of drug-likeness (QED) is 0.536. The molecular weight excluding hydrogens is 180 g/mol. The van der Waals surface area contributed by atoms with Crippen LogP contribution in [-0.4, -0.2) is 23.3 Å². The number of ether oxygens (including phenoxy) is 1. The molecule has 0 amide bonds. The summed E-state index contributed by atoms with van der Waals surface area (Å²) >= 11 is 0. The molecule has 3 heteroatoms. The fourth-order valence-corrected chi connectivity index (χ4v) is 1.39. The van der Waals surface area contributed by atoms with Gasteiger partial charge >= 0.3 is 0 Å². The molecule has 0 aliphatic carbocycles. The van der Waals surface area contributed by atoms with E-state index < -0.39 is 12.4 Å². The Hall–Kier alpha value is -0.930. The lowest BCUT2D eigenvalue weighted by atomic mass is 10.0. The monoisotopic (exact) mass is 196 g/mol. The molecule has 0 fully saturated rings. The van der Waals surface area contributed by atoms with E-state index in [9.17, 15) is 4.79 Å². The Labute approximate surface area is 84.1 Å². The van der Waals surface area contributed by atoms with Gasteiger partial charge in [-0.3, -0.25) is 4.79 Å². The molecule has 1 aliphatic rings. The van der Waals surface area contributed by atoms with Gasteiger partial charge in [-0.1, -0.05) is 12.5 Å². The molecule has 2 unspecified atom stereocenters. The van der Waals surface area contributed by atoms with Crippen molar-refractivity contribution in [3.63, 3.8) is 0 Å². The van der Waals surface area contributed by atoms with E-state index in [0.29, 0.717) is 6.42 Å². The first-order valence-corrected chi connectivity index (χ1v) is 4.90. The molecule has 0 spiro atoms. The average Bonchev–Trinajstić information content (AvgIpc) is 2.18. The second kappa shape index (κ2) is 5.73. The first-order valence-electron chi connectivity index (χ1n) is 4.90. The molecule has 1 rings (SSSR count). The molecule has 1 N–H and O–H groups in total. The van der Waals surface area contributed by atoms with Gasteiger partial charge in [0.05, 0.1) is 0 Å². The molecule has 1 aliphatic heterocycles. The lowest BCUT2D eigenvalue weighted by Crippen LogP contribution is -2.31. The molecule has 2 atom stereocenters. The van der Waals surface area contributed by atoms with Crippen LogP contribution in [0.3, 0.4) is 0 Å². The summed E-state index contributed by atoms with van der Waals surface area (Å²) in [6.07, 6.45) is 6.80. The fourth-order valence-electron chi connectivity index (χ4n) is 1.39. The summed E-state index contributed by atoms with van der Waals surface area (Å²) in [5.41, 5.74) is 0. The van der Waals surface area contributed by atoms with Gasteiger partial charge in [0.15, 0.2) is 12.1 Å². The summed E-state index contributed by atoms with van der Waals surface area (Å²) in [6, 6.07) is 0. The fraction of sp³-hybridized carbons (Fsp3) is 0.545. The Morgan fingerprint density at radius 2 is 2.36 bits per heavy atom. The van der Waals surface area contributed by atoms with Crippen molar-refractivity contribution in [2.45, 2.75) is 38.1 Å². The second-order valence-electron chi connectivity index (χ2n) is 3.35. The maximum Gasteiger partial charge on any atom is 0.184 e. The van der Waals surface area contributed by atoms with E-state index in [1.807, 2.05) is 6.08 Å². The molecule has 0 aromatic heterocycles. The maximum absolute atomic E-state index is 11.3. The van der Waals surface area contributed by atoms with Gasteiger partial charge in [0.1, 0.15) is 6.10 Å². The van der Waals surface area contributed by atoms with Crippen LogP contribution >= 0.6 is 0 Å². The summed E-state index contributed by atoms with van der Waals surface area (Å²) in [6.45, 7) is 3.62. The standard InChI is InChI=1S/C11H16O3/c1-2-3-4-5-6-10-9(12)7-8-11(13)14-10/h2,7-8,10-11,13H,1,3-6H2. The Balaban J connectivity index is 2.26. The number of aliphatic hydroxyl groups is 1. The number of allylic oxidation sites excluding steroid dienone is 1. The molecule has 0 aromatic rings. The third kappa shape index (κ3) is 3.44. The van der Waals surface area contributed by atoms with E-state index in [4.69, 9.17) is 9.84 Å². The number of unbranched alkanes of at least 4 members (excludes halogenated alkanes) is 2. The zero-order valence-electron chi connectivity index (χ0n) is 8.19. The lowest BCUT2D eigenvalue weighted by molar-refractivity contribution is -0.148. The molecule has 0 bridgehead atoms. The highest BCUT2D eigenvalue weighted by atomic mass is 16.6. The minimum Gasteiger partial charge on any atom is -0.365 e. The molecule has 3 nitrogen and oxygen atoms in total.